The molecule has 24 heavy (non-hydrogen) atoms. The van der Waals surface area contributed by atoms with E-state index in [-0.39, 0.29) is 17.1 Å². The van der Waals surface area contributed by atoms with Gasteiger partial charge in [0.15, 0.2) is 5.78 Å². The summed E-state index contributed by atoms with van der Waals surface area (Å²) in [6.45, 7) is 8.05. The summed E-state index contributed by atoms with van der Waals surface area (Å²) in [5.41, 5.74) is 2.65. The number of ketones is 1. The maximum Gasteiger partial charge on any atom is 0.234 e. The average molecular weight is 341 g/mol. The van der Waals surface area contributed by atoms with Crippen molar-refractivity contribution < 1.29 is 9.59 Å². The second-order valence-electron chi connectivity index (χ2n) is 6.75. The SMILES string of the molecule is CC(=O)c1cccc(NC(=O)CSc2ccc(C(C)(C)C)cc2)c1. The van der Waals surface area contributed by atoms with Gasteiger partial charge in [-0.05, 0) is 42.2 Å². The number of hydrogen-bond acceptors (Lipinski definition) is 3. The van der Waals surface area contributed by atoms with Gasteiger partial charge in [0.1, 0.15) is 0 Å². The summed E-state index contributed by atoms with van der Waals surface area (Å²) < 4.78 is 0. The van der Waals surface area contributed by atoms with E-state index in [4.69, 9.17) is 0 Å². The van der Waals surface area contributed by atoms with Crippen molar-refractivity contribution in [1.82, 2.24) is 0 Å². The van der Waals surface area contributed by atoms with E-state index in [1.807, 2.05) is 0 Å². The molecule has 0 spiro atoms. The first-order chi connectivity index (χ1) is 11.3. The predicted octanol–water partition coefficient (Wildman–Crippen LogP) is 4.92. The lowest BCUT2D eigenvalue weighted by molar-refractivity contribution is -0.113. The van der Waals surface area contributed by atoms with Crippen molar-refractivity contribution in [3.63, 3.8) is 0 Å². The van der Waals surface area contributed by atoms with E-state index in [0.29, 0.717) is 17.0 Å². The molecule has 0 bridgehead atoms. The Balaban J connectivity index is 1.91. The molecule has 2 aromatic rings. The van der Waals surface area contributed by atoms with Crippen LogP contribution in [0.5, 0.6) is 0 Å². The lowest BCUT2D eigenvalue weighted by Gasteiger charge is -2.19. The highest BCUT2D eigenvalue weighted by Gasteiger charge is 2.13. The molecule has 1 N–H and O–H groups in total. The van der Waals surface area contributed by atoms with Crippen molar-refractivity contribution in [2.75, 3.05) is 11.1 Å². The van der Waals surface area contributed by atoms with Gasteiger partial charge in [0.2, 0.25) is 5.91 Å². The van der Waals surface area contributed by atoms with E-state index >= 15 is 0 Å². The molecule has 3 nitrogen and oxygen atoms in total. The van der Waals surface area contributed by atoms with E-state index in [1.54, 1.807) is 24.3 Å². The molecule has 1 amide bonds. The largest absolute Gasteiger partial charge is 0.325 e. The molecule has 2 aromatic carbocycles. The third-order valence-electron chi connectivity index (χ3n) is 3.64. The highest BCUT2D eigenvalue weighted by molar-refractivity contribution is 8.00. The number of carbonyl (C=O) groups is 2. The minimum absolute atomic E-state index is 0.0144. The van der Waals surface area contributed by atoms with Gasteiger partial charge in [0.25, 0.3) is 0 Å². The first kappa shape index (κ1) is 18.3. The zero-order chi connectivity index (χ0) is 17.7. The third kappa shape index (κ3) is 5.24. The van der Waals surface area contributed by atoms with Crippen LogP contribution in [0.1, 0.15) is 43.6 Å². The summed E-state index contributed by atoms with van der Waals surface area (Å²) in [5.74, 6) is 0.235. The Morgan fingerprint density at radius 2 is 1.71 bits per heavy atom. The normalized spacial score (nSPS) is 11.2. The molecule has 0 aromatic heterocycles. The van der Waals surface area contributed by atoms with Crippen LogP contribution in [0.15, 0.2) is 53.4 Å². The van der Waals surface area contributed by atoms with E-state index in [0.717, 1.165) is 4.90 Å². The Morgan fingerprint density at radius 1 is 1.04 bits per heavy atom. The smallest absolute Gasteiger partial charge is 0.234 e. The number of rotatable bonds is 5. The number of nitrogens with one attached hydrogen (secondary N) is 1. The number of hydrogen-bond donors (Lipinski definition) is 1. The van der Waals surface area contributed by atoms with Crippen LogP contribution in [-0.2, 0) is 10.2 Å². The minimum atomic E-state index is -0.0828. The zero-order valence-electron chi connectivity index (χ0n) is 14.6. The van der Waals surface area contributed by atoms with Gasteiger partial charge in [0, 0.05) is 16.1 Å². The molecule has 126 valence electrons. The number of Topliss-reactive ketones (excluding diaryl/α,β-unsaturated/α-hetero) is 1. The van der Waals surface area contributed by atoms with E-state index < -0.39 is 0 Å². The topological polar surface area (TPSA) is 46.2 Å². The molecule has 0 heterocycles. The fourth-order valence-electron chi connectivity index (χ4n) is 2.21. The van der Waals surface area contributed by atoms with Gasteiger partial charge < -0.3 is 5.32 Å². The lowest BCUT2D eigenvalue weighted by atomic mass is 9.87. The molecule has 0 fully saturated rings. The maximum absolute atomic E-state index is 12.1. The zero-order valence-corrected chi connectivity index (χ0v) is 15.4. The van der Waals surface area contributed by atoms with Gasteiger partial charge in [-0.2, -0.15) is 0 Å². The van der Waals surface area contributed by atoms with Crippen molar-refractivity contribution in [2.45, 2.75) is 38.0 Å². The van der Waals surface area contributed by atoms with Crippen molar-refractivity contribution in [1.29, 1.82) is 0 Å². The molecule has 0 aliphatic rings. The standard InChI is InChI=1S/C20H23NO2S/c1-14(22)15-6-5-7-17(12-15)21-19(23)13-24-18-10-8-16(9-11-18)20(2,3)4/h5-12H,13H2,1-4H3,(H,21,23). The number of anilines is 1. The van der Waals surface area contributed by atoms with Crippen LogP contribution in [0.2, 0.25) is 0 Å². The molecular weight excluding hydrogens is 318 g/mol. The highest BCUT2D eigenvalue weighted by atomic mass is 32.2. The Labute approximate surface area is 147 Å². The summed E-state index contributed by atoms with van der Waals surface area (Å²) in [5, 5.41) is 2.83. The summed E-state index contributed by atoms with van der Waals surface area (Å²) in [4.78, 5) is 24.5. The van der Waals surface area contributed by atoms with Crippen LogP contribution in [0, 0.1) is 0 Å². The average Bonchev–Trinajstić information content (AvgIpc) is 2.53. The molecule has 0 radical (unpaired) electrons. The second kappa shape index (κ2) is 7.67. The summed E-state index contributed by atoms with van der Waals surface area (Å²) in [6, 6.07) is 15.3. The fraction of sp³-hybridized carbons (Fsp3) is 0.300. The maximum atomic E-state index is 12.1. The molecule has 0 saturated carbocycles. The number of amides is 1. The predicted molar refractivity (Wildman–Crippen MR) is 101 cm³/mol. The quantitative estimate of drug-likeness (QED) is 0.620. The summed E-state index contributed by atoms with van der Waals surface area (Å²) >= 11 is 1.50. The molecule has 0 atom stereocenters. The van der Waals surface area contributed by atoms with Gasteiger partial charge in [-0.1, -0.05) is 45.0 Å². The van der Waals surface area contributed by atoms with E-state index in [2.05, 4.69) is 50.4 Å². The van der Waals surface area contributed by atoms with Crippen LogP contribution >= 0.6 is 11.8 Å². The number of thioether (sulfide) groups is 1. The van der Waals surface area contributed by atoms with Gasteiger partial charge in [-0.25, -0.2) is 0 Å². The van der Waals surface area contributed by atoms with Crippen LogP contribution in [0.25, 0.3) is 0 Å². The first-order valence-electron chi connectivity index (χ1n) is 7.90. The molecule has 4 heteroatoms. The Morgan fingerprint density at radius 3 is 2.29 bits per heavy atom. The third-order valence-corrected chi connectivity index (χ3v) is 4.66. The Kier molecular flexibility index (Phi) is 5.84. The van der Waals surface area contributed by atoms with Crippen LogP contribution in [0.4, 0.5) is 5.69 Å². The monoisotopic (exact) mass is 341 g/mol. The van der Waals surface area contributed by atoms with E-state index in [9.17, 15) is 9.59 Å². The molecule has 0 unspecified atom stereocenters. The highest BCUT2D eigenvalue weighted by Crippen LogP contribution is 2.25. The number of benzene rings is 2. The van der Waals surface area contributed by atoms with Gasteiger partial charge in [-0.15, -0.1) is 11.8 Å². The first-order valence-corrected chi connectivity index (χ1v) is 8.88. The fourth-order valence-corrected chi connectivity index (χ4v) is 2.91. The van der Waals surface area contributed by atoms with Crippen LogP contribution in [-0.4, -0.2) is 17.4 Å². The Bertz CT molecular complexity index is 730. The van der Waals surface area contributed by atoms with E-state index in [1.165, 1.54) is 24.2 Å². The van der Waals surface area contributed by atoms with Crippen molar-refractivity contribution in [3.8, 4) is 0 Å². The Hall–Kier alpha value is -2.07. The molecule has 0 aliphatic carbocycles. The van der Waals surface area contributed by atoms with Crippen molar-refractivity contribution in [2.24, 2.45) is 0 Å². The lowest BCUT2D eigenvalue weighted by Crippen LogP contribution is -2.14. The van der Waals surface area contributed by atoms with Crippen LogP contribution < -0.4 is 5.32 Å². The van der Waals surface area contributed by atoms with Gasteiger partial charge in [0.05, 0.1) is 5.75 Å². The second-order valence-corrected chi connectivity index (χ2v) is 7.80. The summed E-state index contributed by atoms with van der Waals surface area (Å²) in [6.07, 6.45) is 0. The van der Waals surface area contributed by atoms with Crippen molar-refractivity contribution >= 4 is 29.1 Å². The van der Waals surface area contributed by atoms with Crippen LogP contribution in [0.3, 0.4) is 0 Å². The van der Waals surface area contributed by atoms with Crippen molar-refractivity contribution in [3.05, 3.63) is 59.7 Å². The van der Waals surface area contributed by atoms with Gasteiger partial charge >= 0.3 is 0 Å². The minimum Gasteiger partial charge on any atom is -0.325 e. The summed E-state index contributed by atoms with van der Waals surface area (Å²) in [7, 11) is 0. The molecule has 0 saturated heterocycles. The molecule has 0 aliphatic heterocycles. The number of carbonyl (C=O) groups excluding carboxylic acids is 2. The molecular formula is C20H23NO2S. The van der Waals surface area contributed by atoms with Gasteiger partial charge in [-0.3, -0.25) is 9.59 Å². The molecule has 2 rings (SSSR count).